The summed E-state index contributed by atoms with van der Waals surface area (Å²) >= 11 is 1.58. The van der Waals surface area contributed by atoms with Crippen molar-refractivity contribution in [3.8, 4) is 0 Å². The van der Waals surface area contributed by atoms with Gasteiger partial charge in [-0.3, -0.25) is 0 Å². The monoisotopic (exact) mass is 290 g/mol. The lowest BCUT2D eigenvalue weighted by molar-refractivity contribution is 0.456. The number of hydrogen-bond donors (Lipinski definition) is 1. The van der Waals surface area contributed by atoms with Crippen LogP contribution >= 0.6 is 11.3 Å². The average Bonchev–Trinajstić information content (AvgIpc) is 2.81. The summed E-state index contributed by atoms with van der Waals surface area (Å²) in [6, 6.07) is 3.89. The second kappa shape index (κ2) is 7.23. The summed E-state index contributed by atoms with van der Waals surface area (Å²) in [6.45, 7) is 5.63. The fraction of sp³-hybridized carbons (Fsp3) is 0.667. The lowest BCUT2D eigenvalue weighted by atomic mass is 10.4. The van der Waals surface area contributed by atoms with Crippen molar-refractivity contribution in [3.05, 3.63) is 22.4 Å². The van der Waals surface area contributed by atoms with Crippen molar-refractivity contribution < 1.29 is 8.42 Å². The highest BCUT2D eigenvalue weighted by Crippen LogP contribution is 2.15. The van der Waals surface area contributed by atoms with Crippen molar-refractivity contribution in [2.45, 2.75) is 32.1 Å². The van der Waals surface area contributed by atoms with Crippen molar-refractivity contribution in [1.82, 2.24) is 9.62 Å². The van der Waals surface area contributed by atoms with Gasteiger partial charge in [0, 0.05) is 25.0 Å². The zero-order chi connectivity index (χ0) is 13.6. The van der Waals surface area contributed by atoms with Crippen LogP contribution in [0.5, 0.6) is 0 Å². The van der Waals surface area contributed by atoms with Gasteiger partial charge in [0.2, 0.25) is 10.0 Å². The Morgan fingerprint density at radius 2 is 2.22 bits per heavy atom. The van der Waals surface area contributed by atoms with Crippen LogP contribution in [-0.2, 0) is 16.6 Å². The molecule has 1 atom stereocenters. The quantitative estimate of drug-likeness (QED) is 0.744. The van der Waals surface area contributed by atoms with Crippen LogP contribution in [0.3, 0.4) is 0 Å². The second-order valence-electron chi connectivity index (χ2n) is 4.40. The zero-order valence-electron chi connectivity index (χ0n) is 11.2. The van der Waals surface area contributed by atoms with Gasteiger partial charge in [-0.1, -0.05) is 13.0 Å². The molecule has 0 spiro atoms. The third-order valence-electron chi connectivity index (χ3n) is 2.76. The summed E-state index contributed by atoms with van der Waals surface area (Å²) in [6.07, 6.45) is 1.01. The summed E-state index contributed by atoms with van der Waals surface area (Å²) in [4.78, 5) is 1.06. The molecular formula is C12H22N2O2S2. The molecule has 6 heteroatoms. The maximum atomic E-state index is 12.2. The highest BCUT2D eigenvalue weighted by molar-refractivity contribution is 7.89. The maximum absolute atomic E-state index is 12.2. The number of sulfonamides is 1. The normalized spacial score (nSPS) is 14.0. The van der Waals surface area contributed by atoms with Crippen LogP contribution in [0.15, 0.2) is 17.5 Å². The molecule has 0 saturated carbocycles. The van der Waals surface area contributed by atoms with Crippen molar-refractivity contribution in [2.75, 3.05) is 20.1 Å². The Bertz CT molecular complexity index is 429. The summed E-state index contributed by atoms with van der Waals surface area (Å²) in [7, 11) is -1.57. The molecule has 0 aromatic carbocycles. The van der Waals surface area contributed by atoms with Crippen LogP contribution in [-0.4, -0.2) is 38.1 Å². The molecule has 0 saturated heterocycles. The first kappa shape index (κ1) is 15.6. The van der Waals surface area contributed by atoms with E-state index in [0.29, 0.717) is 13.1 Å². The Labute approximate surface area is 114 Å². The summed E-state index contributed by atoms with van der Waals surface area (Å²) < 4.78 is 25.9. The number of nitrogens with zero attached hydrogens (tertiary/aromatic N) is 1. The Morgan fingerprint density at radius 3 is 2.78 bits per heavy atom. The van der Waals surface area contributed by atoms with Crippen molar-refractivity contribution in [3.63, 3.8) is 0 Å². The predicted octanol–water partition coefficient (Wildman–Crippen LogP) is 1.90. The minimum atomic E-state index is -3.22. The van der Waals surface area contributed by atoms with Gasteiger partial charge in [0.15, 0.2) is 0 Å². The third-order valence-corrected chi connectivity index (χ3v) is 5.80. The summed E-state index contributed by atoms with van der Waals surface area (Å²) in [5.74, 6) is 0. The molecular weight excluding hydrogens is 268 g/mol. The minimum absolute atomic E-state index is 0.394. The molecule has 0 radical (unpaired) electrons. The molecule has 18 heavy (non-hydrogen) atoms. The number of thiophene rings is 1. The first-order chi connectivity index (χ1) is 8.48. The average molecular weight is 290 g/mol. The highest BCUT2D eigenvalue weighted by Gasteiger charge is 2.25. The van der Waals surface area contributed by atoms with Crippen LogP contribution in [0, 0.1) is 0 Å². The van der Waals surface area contributed by atoms with Crippen molar-refractivity contribution >= 4 is 21.4 Å². The standard InChI is InChI=1S/C12H22N2O2S2/c1-4-7-13-9-11(2)18(15,16)14(3)10-12-6-5-8-17-12/h5-6,8,11,13H,4,7,9-10H2,1-3H3. The topological polar surface area (TPSA) is 49.4 Å². The number of hydrogen-bond acceptors (Lipinski definition) is 4. The largest absolute Gasteiger partial charge is 0.315 e. The highest BCUT2D eigenvalue weighted by atomic mass is 32.2. The Morgan fingerprint density at radius 1 is 1.50 bits per heavy atom. The smallest absolute Gasteiger partial charge is 0.218 e. The molecule has 1 N–H and O–H groups in total. The van der Waals surface area contributed by atoms with E-state index in [2.05, 4.69) is 12.2 Å². The fourth-order valence-electron chi connectivity index (χ4n) is 1.61. The van der Waals surface area contributed by atoms with Crippen LogP contribution in [0.4, 0.5) is 0 Å². The van der Waals surface area contributed by atoms with E-state index in [1.807, 2.05) is 17.5 Å². The lowest BCUT2D eigenvalue weighted by Gasteiger charge is -2.21. The van der Waals surface area contributed by atoms with Gasteiger partial charge in [-0.05, 0) is 31.3 Å². The van der Waals surface area contributed by atoms with Gasteiger partial charge >= 0.3 is 0 Å². The first-order valence-electron chi connectivity index (χ1n) is 6.16. The molecule has 1 rings (SSSR count). The number of rotatable bonds is 8. The molecule has 1 heterocycles. The van der Waals surface area contributed by atoms with Crippen LogP contribution < -0.4 is 5.32 Å². The molecule has 0 aliphatic rings. The first-order valence-corrected chi connectivity index (χ1v) is 8.55. The number of nitrogens with one attached hydrogen (secondary N) is 1. The van der Waals surface area contributed by atoms with Gasteiger partial charge in [-0.25, -0.2) is 8.42 Å². The minimum Gasteiger partial charge on any atom is -0.315 e. The van der Waals surface area contributed by atoms with Crippen molar-refractivity contribution in [2.24, 2.45) is 0 Å². The van der Waals surface area contributed by atoms with E-state index >= 15 is 0 Å². The Hall–Kier alpha value is -0.430. The van der Waals surface area contributed by atoms with E-state index in [1.165, 1.54) is 4.31 Å². The molecule has 0 fully saturated rings. The molecule has 4 nitrogen and oxygen atoms in total. The Balaban J connectivity index is 2.56. The van der Waals surface area contributed by atoms with E-state index in [9.17, 15) is 8.42 Å². The molecule has 1 aromatic rings. The van der Waals surface area contributed by atoms with Crippen LogP contribution in [0.1, 0.15) is 25.1 Å². The van der Waals surface area contributed by atoms with Gasteiger partial charge in [-0.2, -0.15) is 4.31 Å². The van der Waals surface area contributed by atoms with Crippen molar-refractivity contribution in [1.29, 1.82) is 0 Å². The fourth-order valence-corrected chi connectivity index (χ4v) is 3.71. The predicted molar refractivity (Wildman–Crippen MR) is 77.3 cm³/mol. The van der Waals surface area contributed by atoms with Gasteiger partial charge in [0.25, 0.3) is 0 Å². The summed E-state index contributed by atoms with van der Waals surface area (Å²) in [5, 5.41) is 4.72. The maximum Gasteiger partial charge on any atom is 0.218 e. The molecule has 1 aromatic heterocycles. The van der Waals surface area contributed by atoms with Gasteiger partial charge < -0.3 is 5.32 Å². The third kappa shape index (κ3) is 4.35. The molecule has 0 bridgehead atoms. The SMILES string of the molecule is CCCNCC(C)S(=O)(=O)N(C)Cc1cccs1. The van der Waals surface area contributed by atoms with E-state index in [4.69, 9.17) is 0 Å². The molecule has 104 valence electrons. The van der Waals surface area contributed by atoms with E-state index in [0.717, 1.165) is 17.8 Å². The van der Waals surface area contributed by atoms with Gasteiger partial charge in [-0.15, -0.1) is 11.3 Å². The van der Waals surface area contributed by atoms with Crippen LogP contribution in [0.25, 0.3) is 0 Å². The van der Waals surface area contributed by atoms with E-state index < -0.39 is 15.3 Å². The van der Waals surface area contributed by atoms with Gasteiger partial charge in [0.05, 0.1) is 5.25 Å². The van der Waals surface area contributed by atoms with Crippen LogP contribution in [0.2, 0.25) is 0 Å². The van der Waals surface area contributed by atoms with Gasteiger partial charge in [0.1, 0.15) is 0 Å². The molecule has 0 aliphatic heterocycles. The lowest BCUT2D eigenvalue weighted by Crippen LogP contribution is -2.39. The van der Waals surface area contributed by atoms with E-state index in [1.54, 1.807) is 25.3 Å². The van der Waals surface area contributed by atoms with E-state index in [-0.39, 0.29) is 0 Å². The summed E-state index contributed by atoms with van der Waals surface area (Å²) in [5.41, 5.74) is 0. The second-order valence-corrected chi connectivity index (χ2v) is 7.89. The zero-order valence-corrected chi connectivity index (χ0v) is 12.9. The Kier molecular flexibility index (Phi) is 6.28. The molecule has 0 amide bonds. The molecule has 1 unspecified atom stereocenters. The molecule has 0 aliphatic carbocycles.